The molecule has 3 nitrogen and oxygen atoms in total. The van der Waals surface area contributed by atoms with E-state index in [1.165, 1.54) is 17.3 Å². The van der Waals surface area contributed by atoms with Gasteiger partial charge in [-0.1, -0.05) is 47.1 Å². The number of amides is 1. The lowest BCUT2D eigenvalue weighted by Crippen LogP contribution is -2.47. The number of anilines is 1. The lowest BCUT2D eigenvalue weighted by molar-refractivity contribution is 0.0544. The molecule has 2 N–H and O–H groups in total. The number of nitrogens with two attached hydrogens (primary N) is 1. The Morgan fingerprint density at radius 2 is 1.77 bits per heavy atom. The van der Waals surface area contributed by atoms with Crippen molar-refractivity contribution >= 4 is 38.6 Å². The van der Waals surface area contributed by atoms with Gasteiger partial charge in [-0.2, -0.15) is 0 Å². The third kappa shape index (κ3) is 5.17. The Morgan fingerprint density at radius 1 is 1.10 bits per heavy atom. The Balaban J connectivity index is 2.02. The number of nitrogen functional groups attached to an aromatic ring is 1. The minimum absolute atomic E-state index is 0.179. The summed E-state index contributed by atoms with van der Waals surface area (Å²) in [5, 5.41) is 1.77. The van der Waals surface area contributed by atoms with E-state index in [2.05, 4.69) is 25.1 Å². The number of hydrogen-bond acceptors (Lipinski definition) is 2. The summed E-state index contributed by atoms with van der Waals surface area (Å²) in [5.41, 5.74) is 9.52. The predicted octanol–water partition coefficient (Wildman–Crippen LogP) is 3.98. The van der Waals surface area contributed by atoms with Gasteiger partial charge in [0.25, 0.3) is 5.91 Å². The van der Waals surface area contributed by atoms with Crippen LogP contribution in [-0.4, -0.2) is 27.6 Å². The fourth-order valence-electron chi connectivity index (χ4n) is 4.03. The summed E-state index contributed by atoms with van der Waals surface area (Å²) in [6.45, 7) is 6.62. The zero-order valence-electron chi connectivity index (χ0n) is 18.4. The molecule has 162 valence electrons. The monoisotopic (exact) mass is 454 g/mol. The van der Waals surface area contributed by atoms with Crippen LogP contribution in [0.15, 0.2) is 60.7 Å². The number of aryl methyl sites for hydroxylation is 1. The Bertz CT molecular complexity index is 1100. The van der Waals surface area contributed by atoms with Crippen LogP contribution < -0.4 is 10.9 Å². The van der Waals surface area contributed by atoms with E-state index >= 15 is 0 Å². The van der Waals surface area contributed by atoms with Crippen molar-refractivity contribution in [1.29, 1.82) is 0 Å². The summed E-state index contributed by atoms with van der Waals surface area (Å²) in [5.74, 6) is -0.455. The minimum Gasteiger partial charge on any atom is -0.398 e. The van der Waals surface area contributed by atoms with Gasteiger partial charge in [-0.15, -0.1) is 0 Å². The van der Waals surface area contributed by atoms with Crippen molar-refractivity contribution in [2.45, 2.75) is 32.7 Å². The maximum absolute atomic E-state index is 13.7. The maximum Gasteiger partial charge on any atom is 0.256 e. The molecule has 0 atom stereocenters. The van der Waals surface area contributed by atoms with Crippen molar-refractivity contribution in [3.63, 3.8) is 0 Å². The van der Waals surface area contributed by atoms with E-state index in [9.17, 15) is 9.18 Å². The number of benzene rings is 3. The Labute approximate surface area is 191 Å². The molecule has 3 aromatic rings. The molecule has 6 heteroatoms. The van der Waals surface area contributed by atoms with Crippen LogP contribution in [0.1, 0.15) is 40.9 Å². The summed E-state index contributed by atoms with van der Waals surface area (Å²) >= 11 is 6.17. The number of halogens is 2. The molecular formula is C25H28ClFN2OSi. The van der Waals surface area contributed by atoms with Gasteiger partial charge in [0.2, 0.25) is 0 Å². The molecule has 0 heterocycles. The Hall–Kier alpha value is -2.63. The predicted molar refractivity (Wildman–Crippen MR) is 131 cm³/mol. The van der Waals surface area contributed by atoms with Crippen molar-refractivity contribution in [2.75, 3.05) is 12.3 Å². The van der Waals surface area contributed by atoms with E-state index < -0.39 is 5.54 Å². The number of nitrogens with zero attached hydrogens (tertiary/aromatic N) is 1. The third-order valence-electron chi connectivity index (χ3n) is 5.74. The second-order valence-electron chi connectivity index (χ2n) is 8.44. The van der Waals surface area contributed by atoms with Gasteiger partial charge in [0.1, 0.15) is 5.82 Å². The molecule has 0 unspecified atom stereocenters. The fourth-order valence-corrected chi connectivity index (χ4v) is 4.80. The average Bonchev–Trinajstić information content (AvgIpc) is 2.70. The summed E-state index contributed by atoms with van der Waals surface area (Å²) in [7, 11) is 0.969. The van der Waals surface area contributed by atoms with Crippen LogP contribution in [0, 0.1) is 12.7 Å². The van der Waals surface area contributed by atoms with E-state index in [1.54, 1.807) is 30.3 Å². The highest BCUT2D eigenvalue weighted by Gasteiger charge is 2.34. The van der Waals surface area contributed by atoms with Crippen molar-refractivity contribution in [2.24, 2.45) is 0 Å². The van der Waals surface area contributed by atoms with Gasteiger partial charge >= 0.3 is 0 Å². The molecule has 0 radical (unpaired) electrons. The molecule has 3 aromatic carbocycles. The minimum atomic E-state index is -0.592. The zero-order valence-corrected chi connectivity index (χ0v) is 21.1. The first-order valence-corrected chi connectivity index (χ1v) is 11.7. The van der Waals surface area contributed by atoms with Gasteiger partial charge in [-0.25, -0.2) is 4.39 Å². The van der Waals surface area contributed by atoms with E-state index in [-0.39, 0.29) is 11.7 Å². The highest BCUT2D eigenvalue weighted by molar-refractivity contribution is 6.32. The van der Waals surface area contributed by atoms with Crippen LogP contribution in [-0.2, 0) is 12.0 Å². The van der Waals surface area contributed by atoms with Crippen molar-refractivity contribution in [1.82, 2.24) is 4.90 Å². The molecule has 0 saturated heterocycles. The number of carbonyl (C=O) groups is 1. The molecule has 0 fully saturated rings. The van der Waals surface area contributed by atoms with Crippen LogP contribution in [0.5, 0.6) is 0 Å². The van der Waals surface area contributed by atoms with E-state index in [4.69, 9.17) is 17.3 Å². The molecular weight excluding hydrogens is 427 g/mol. The second-order valence-corrected chi connectivity index (χ2v) is 10.0. The molecule has 0 saturated carbocycles. The molecule has 0 aliphatic carbocycles. The first-order chi connectivity index (χ1) is 14.6. The summed E-state index contributed by atoms with van der Waals surface area (Å²) < 4.78 is 13.3. The third-order valence-corrected chi connectivity index (χ3v) is 6.60. The molecule has 31 heavy (non-hydrogen) atoms. The number of carbonyl (C=O) groups excluding carboxylic acids is 1. The van der Waals surface area contributed by atoms with Crippen molar-refractivity contribution in [3.05, 3.63) is 93.8 Å². The van der Waals surface area contributed by atoms with Crippen LogP contribution in [0.3, 0.4) is 0 Å². The van der Waals surface area contributed by atoms with Crippen LogP contribution in [0.4, 0.5) is 10.1 Å². The lowest BCUT2D eigenvalue weighted by atomic mass is 9.87. The first-order valence-electron chi connectivity index (χ1n) is 10.3. The molecule has 0 spiro atoms. The van der Waals surface area contributed by atoms with E-state index in [0.717, 1.165) is 26.9 Å². The average molecular weight is 455 g/mol. The van der Waals surface area contributed by atoms with Crippen molar-refractivity contribution in [3.8, 4) is 0 Å². The zero-order chi connectivity index (χ0) is 22.8. The molecule has 0 bridgehead atoms. The van der Waals surface area contributed by atoms with Gasteiger partial charge in [-0.05, 0) is 74.2 Å². The quantitative estimate of drug-likeness (QED) is 0.452. The highest BCUT2D eigenvalue weighted by atomic mass is 35.5. The highest BCUT2D eigenvalue weighted by Crippen LogP contribution is 2.33. The van der Waals surface area contributed by atoms with Crippen LogP contribution in [0.25, 0.3) is 0 Å². The number of hydrogen-bond donors (Lipinski definition) is 1. The van der Waals surface area contributed by atoms with Crippen molar-refractivity contribution < 1.29 is 9.18 Å². The van der Waals surface area contributed by atoms with Gasteiger partial charge in [0, 0.05) is 27.5 Å². The topological polar surface area (TPSA) is 46.3 Å². The van der Waals surface area contributed by atoms with Gasteiger partial charge in [0.15, 0.2) is 0 Å². The van der Waals surface area contributed by atoms with Gasteiger partial charge in [0.05, 0.1) is 11.1 Å². The Morgan fingerprint density at radius 3 is 2.42 bits per heavy atom. The maximum atomic E-state index is 13.7. The van der Waals surface area contributed by atoms with Gasteiger partial charge < -0.3 is 10.6 Å². The SMILES string of the molecule is Cc1cc([SiH3])ccc1C(C)(C)N(CCc1ccc(F)cc1)C(=O)c1cc(Cl)ccc1N. The standard InChI is InChI=1S/C25H28ClFN2OSi/c1-16-14-20(31)9-10-22(16)25(2,3)29(13-12-17-4-7-19(27)8-5-17)24(30)21-15-18(26)6-11-23(21)28/h4-11,14-15H,12-13,28H2,1-3,31H3. The molecule has 1 amide bonds. The largest absolute Gasteiger partial charge is 0.398 e. The lowest BCUT2D eigenvalue weighted by Gasteiger charge is -2.40. The first kappa shape index (κ1) is 23.0. The fraction of sp³-hybridized carbons (Fsp3) is 0.240. The Kier molecular flexibility index (Phi) is 6.87. The van der Waals surface area contributed by atoms with Gasteiger partial charge in [-0.3, -0.25) is 4.79 Å². The smallest absolute Gasteiger partial charge is 0.256 e. The normalized spacial score (nSPS) is 11.5. The summed E-state index contributed by atoms with van der Waals surface area (Å²) in [6, 6.07) is 17.7. The molecule has 3 rings (SSSR count). The van der Waals surface area contributed by atoms with Crippen LogP contribution in [0.2, 0.25) is 5.02 Å². The van der Waals surface area contributed by atoms with E-state index in [0.29, 0.717) is 29.2 Å². The summed E-state index contributed by atoms with van der Waals surface area (Å²) in [4.78, 5) is 15.6. The molecule has 0 aliphatic heterocycles. The number of rotatable bonds is 6. The second kappa shape index (κ2) is 9.24. The van der Waals surface area contributed by atoms with Crippen LogP contribution >= 0.6 is 11.6 Å². The molecule has 0 aromatic heterocycles. The van der Waals surface area contributed by atoms with E-state index in [1.807, 2.05) is 18.7 Å². The summed E-state index contributed by atoms with van der Waals surface area (Å²) in [6.07, 6.45) is 0.591. The molecule has 0 aliphatic rings.